The number of H-pyrrole nitrogens is 1. The van der Waals surface area contributed by atoms with Gasteiger partial charge in [0.2, 0.25) is 0 Å². The molecule has 39 heavy (non-hydrogen) atoms. The Morgan fingerprint density at radius 3 is 2.28 bits per heavy atom. The summed E-state index contributed by atoms with van der Waals surface area (Å²) in [6.07, 6.45) is 7.04. The summed E-state index contributed by atoms with van der Waals surface area (Å²) in [4.78, 5) is 24.1. The van der Waals surface area contributed by atoms with E-state index in [9.17, 15) is 4.79 Å². The second-order valence-electron chi connectivity index (χ2n) is 10.9. The molecule has 1 aromatic heterocycles. The molecule has 1 fully saturated rings. The summed E-state index contributed by atoms with van der Waals surface area (Å²) in [5.74, 6) is 1.19. The van der Waals surface area contributed by atoms with Gasteiger partial charge in [-0.15, -0.1) is 0 Å². The smallest absolute Gasteiger partial charge is 0.254 e. The van der Waals surface area contributed by atoms with Crippen molar-refractivity contribution in [2.24, 2.45) is 0 Å². The molecule has 1 aliphatic rings. The Bertz CT molecular complexity index is 1560. The number of nitrogens with zero attached hydrogens (tertiary/aromatic N) is 3. The van der Waals surface area contributed by atoms with Crippen molar-refractivity contribution in [1.82, 2.24) is 14.9 Å². The van der Waals surface area contributed by atoms with Crippen molar-refractivity contribution in [3.8, 4) is 0 Å². The summed E-state index contributed by atoms with van der Waals surface area (Å²) in [5, 5.41) is 4.74. The number of aromatic amines is 1. The lowest BCUT2D eigenvalue weighted by Crippen LogP contribution is -2.62. The van der Waals surface area contributed by atoms with E-state index >= 15 is 0 Å². The van der Waals surface area contributed by atoms with Crippen LogP contribution in [0.2, 0.25) is 0 Å². The molecule has 1 saturated heterocycles. The fraction of sp³-hybridized carbons (Fsp3) is 0.294. The van der Waals surface area contributed by atoms with Gasteiger partial charge in [0.25, 0.3) is 5.91 Å². The third-order valence-electron chi connectivity index (χ3n) is 8.68. The highest BCUT2D eigenvalue weighted by molar-refractivity contribution is 6.07. The summed E-state index contributed by atoms with van der Waals surface area (Å²) in [5.41, 5.74) is 2.16. The van der Waals surface area contributed by atoms with Crippen molar-refractivity contribution in [3.05, 3.63) is 114 Å². The predicted octanol–water partition coefficient (Wildman–Crippen LogP) is 6.77. The highest BCUT2D eigenvalue weighted by atomic mass is 16.2. The molecule has 4 aromatic carbocycles. The predicted molar refractivity (Wildman–Crippen MR) is 159 cm³/mol. The van der Waals surface area contributed by atoms with Crippen LogP contribution in [0, 0.1) is 0 Å². The van der Waals surface area contributed by atoms with Crippen molar-refractivity contribution < 1.29 is 9.28 Å². The number of rotatable bonds is 8. The van der Waals surface area contributed by atoms with Gasteiger partial charge in [-0.05, 0) is 39.6 Å². The highest BCUT2D eigenvalue weighted by Crippen LogP contribution is 2.35. The zero-order valence-corrected chi connectivity index (χ0v) is 22.7. The van der Waals surface area contributed by atoms with E-state index in [-0.39, 0.29) is 11.9 Å². The van der Waals surface area contributed by atoms with E-state index in [1.807, 2.05) is 36.7 Å². The number of carbonyl (C=O) groups is 1. The molecule has 0 aliphatic carbocycles. The average molecular weight is 518 g/mol. The quantitative estimate of drug-likeness (QED) is 0.231. The number of amides is 1. The molecule has 1 amide bonds. The number of carbonyl (C=O) groups excluding carboxylic acids is 1. The summed E-state index contributed by atoms with van der Waals surface area (Å²) < 4.78 is 0.948. The molecule has 1 N–H and O–H groups in total. The number of nitrogens with one attached hydrogen (secondary N) is 1. The van der Waals surface area contributed by atoms with Crippen molar-refractivity contribution in [3.63, 3.8) is 0 Å². The molecule has 1 atom stereocenters. The van der Waals surface area contributed by atoms with Crippen LogP contribution in [0.15, 0.2) is 97.3 Å². The van der Waals surface area contributed by atoms with E-state index in [0.29, 0.717) is 0 Å². The van der Waals surface area contributed by atoms with Gasteiger partial charge in [0.05, 0.1) is 32.7 Å². The minimum absolute atomic E-state index is 0.142. The maximum absolute atomic E-state index is 13.8. The topological polar surface area (TPSA) is 49.0 Å². The van der Waals surface area contributed by atoms with Gasteiger partial charge in [-0.1, -0.05) is 92.2 Å². The Morgan fingerprint density at radius 1 is 0.897 bits per heavy atom. The monoisotopic (exact) mass is 517 g/mol. The van der Waals surface area contributed by atoms with Crippen LogP contribution < -0.4 is 0 Å². The molecule has 5 aromatic rings. The molecule has 6 rings (SSSR count). The molecule has 198 valence electrons. The number of benzene rings is 4. The Kier molecular flexibility index (Phi) is 7.16. The summed E-state index contributed by atoms with van der Waals surface area (Å²) in [6.45, 7) is 6.70. The molecule has 5 nitrogen and oxygen atoms in total. The van der Waals surface area contributed by atoms with Gasteiger partial charge in [0, 0.05) is 24.4 Å². The normalized spacial score (nSPS) is 16.0. The molecule has 0 saturated carbocycles. The summed E-state index contributed by atoms with van der Waals surface area (Å²) in [6, 6.07) is 29.8. The van der Waals surface area contributed by atoms with E-state index in [2.05, 4.69) is 77.5 Å². The van der Waals surface area contributed by atoms with E-state index in [0.717, 1.165) is 78.6 Å². The number of piperazine rings is 1. The van der Waals surface area contributed by atoms with Crippen LogP contribution in [0.25, 0.3) is 21.5 Å². The lowest BCUT2D eigenvalue weighted by atomic mass is 9.94. The molecule has 5 heteroatoms. The van der Waals surface area contributed by atoms with Gasteiger partial charge >= 0.3 is 0 Å². The maximum atomic E-state index is 13.8. The number of hydrogen-bond acceptors (Lipinski definition) is 2. The lowest BCUT2D eigenvalue weighted by Gasteiger charge is -2.49. The number of imidazole rings is 1. The largest absolute Gasteiger partial charge is 0.344 e. The van der Waals surface area contributed by atoms with Crippen LogP contribution in [-0.4, -0.2) is 58.0 Å². The fourth-order valence-corrected chi connectivity index (χ4v) is 6.50. The van der Waals surface area contributed by atoms with Crippen molar-refractivity contribution >= 4 is 27.5 Å². The highest BCUT2D eigenvalue weighted by Gasteiger charge is 2.43. The van der Waals surface area contributed by atoms with Gasteiger partial charge in [0.1, 0.15) is 0 Å². The second-order valence-corrected chi connectivity index (χ2v) is 10.9. The van der Waals surface area contributed by atoms with Crippen LogP contribution in [0.4, 0.5) is 0 Å². The molecular formula is C34H37N4O+. The van der Waals surface area contributed by atoms with Gasteiger partial charge in [-0.3, -0.25) is 4.79 Å². The zero-order valence-electron chi connectivity index (χ0n) is 22.7. The molecule has 1 aliphatic heterocycles. The first-order valence-electron chi connectivity index (χ1n) is 14.3. The molecule has 1 unspecified atom stereocenters. The standard InChI is InChI=1S/C34H37N4O/c1-2-3-22-38(23-20-37(21-24-38)34(39)31-17-9-13-27-11-5-7-16-30(27)31)32(33-35-18-19-36-33)25-28-14-8-12-26-10-4-6-15-29(26)28/h4-19,32H,2-3,20-25H2,1H3,(H,35,36)/q+1. The van der Waals surface area contributed by atoms with Crippen LogP contribution in [0.5, 0.6) is 0 Å². The van der Waals surface area contributed by atoms with Crippen molar-refractivity contribution in [1.29, 1.82) is 0 Å². The van der Waals surface area contributed by atoms with E-state index < -0.39 is 0 Å². The number of fused-ring (bicyclic) bond motifs is 2. The van der Waals surface area contributed by atoms with Gasteiger partial charge in [-0.25, -0.2) is 4.98 Å². The van der Waals surface area contributed by atoms with E-state index in [4.69, 9.17) is 4.98 Å². The number of quaternary nitrogens is 1. The first kappa shape index (κ1) is 25.3. The molecule has 2 heterocycles. The van der Waals surface area contributed by atoms with Crippen LogP contribution in [-0.2, 0) is 6.42 Å². The molecule has 0 spiro atoms. The number of aromatic nitrogens is 2. The van der Waals surface area contributed by atoms with Gasteiger partial charge in [0.15, 0.2) is 11.9 Å². The second kappa shape index (κ2) is 11.0. The summed E-state index contributed by atoms with van der Waals surface area (Å²) in [7, 11) is 0. The number of unbranched alkanes of at least 4 members (excludes halogenated alkanes) is 1. The third-order valence-corrected chi connectivity index (χ3v) is 8.68. The van der Waals surface area contributed by atoms with E-state index in [1.165, 1.54) is 16.3 Å². The van der Waals surface area contributed by atoms with Crippen molar-refractivity contribution in [2.75, 3.05) is 32.7 Å². The maximum Gasteiger partial charge on any atom is 0.254 e. The minimum Gasteiger partial charge on any atom is -0.344 e. The molecule has 0 radical (unpaired) electrons. The van der Waals surface area contributed by atoms with Crippen LogP contribution >= 0.6 is 0 Å². The van der Waals surface area contributed by atoms with E-state index in [1.54, 1.807) is 0 Å². The molecule has 0 bridgehead atoms. The zero-order chi connectivity index (χ0) is 26.7. The minimum atomic E-state index is 0.142. The Balaban J connectivity index is 1.31. The Labute approximate surface area is 230 Å². The van der Waals surface area contributed by atoms with Gasteiger partial charge in [-0.2, -0.15) is 0 Å². The van der Waals surface area contributed by atoms with Crippen LogP contribution in [0.1, 0.15) is 47.6 Å². The first-order chi connectivity index (χ1) is 19.2. The fourth-order valence-electron chi connectivity index (χ4n) is 6.50. The Morgan fingerprint density at radius 2 is 1.56 bits per heavy atom. The van der Waals surface area contributed by atoms with Crippen molar-refractivity contribution in [2.45, 2.75) is 32.2 Å². The lowest BCUT2D eigenvalue weighted by molar-refractivity contribution is -0.961. The number of hydrogen-bond donors (Lipinski definition) is 1. The SMILES string of the molecule is CCCC[N+]1(C(Cc2cccc3ccccc23)c2ncc[nH]2)CCN(C(=O)c2cccc3ccccc23)CC1. The van der Waals surface area contributed by atoms with Crippen LogP contribution in [0.3, 0.4) is 0 Å². The van der Waals surface area contributed by atoms with Gasteiger partial charge < -0.3 is 14.4 Å². The average Bonchev–Trinajstić information content (AvgIpc) is 3.53. The third kappa shape index (κ3) is 4.95. The Hall–Kier alpha value is -3.96. The summed E-state index contributed by atoms with van der Waals surface area (Å²) >= 11 is 0. The molecular weight excluding hydrogens is 480 g/mol. The first-order valence-corrected chi connectivity index (χ1v) is 14.3.